The Labute approximate surface area is 112 Å². The normalized spacial score (nSPS) is 24.8. The van der Waals surface area contributed by atoms with Crippen molar-refractivity contribution < 1.29 is 19.0 Å². The Morgan fingerprint density at radius 1 is 1.11 bits per heavy atom. The molecule has 0 aromatic heterocycles. The van der Waals surface area contributed by atoms with Crippen molar-refractivity contribution in [1.82, 2.24) is 0 Å². The molecule has 1 spiro atoms. The molecule has 1 aliphatic heterocycles. The van der Waals surface area contributed by atoms with Gasteiger partial charge in [0.2, 0.25) is 0 Å². The maximum atomic E-state index is 13.6. The number of benzene rings is 1. The van der Waals surface area contributed by atoms with Gasteiger partial charge in [0.05, 0.1) is 18.8 Å². The highest BCUT2D eigenvalue weighted by atomic mass is 19.1. The first kappa shape index (κ1) is 13.0. The summed E-state index contributed by atoms with van der Waals surface area (Å²) >= 11 is 0. The average Bonchev–Trinajstić information content (AvgIpc) is 2.86. The maximum Gasteiger partial charge on any atom is 0.168 e. The minimum atomic E-state index is -0.963. The van der Waals surface area contributed by atoms with E-state index in [1.807, 2.05) is 6.07 Å². The van der Waals surface area contributed by atoms with Crippen LogP contribution >= 0.6 is 0 Å². The molecule has 0 amide bonds. The summed E-state index contributed by atoms with van der Waals surface area (Å²) in [4.78, 5) is 0. The topological polar surface area (TPSA) is 38.7 Å². The van der Waals surface area contributed by atoms with Gasteiger partial charge in [-0.1, -0.05) is 12.1 Å². The summed E-state index contributed by atoms with van der Waals surface area (Å²) in [7, 11) is 0. The first-order valence-electron chi connectivity index (χ1n) is 6.80. The molecular weight excluding hydrogens is 247 g/mol. The second kappa shape index (κ2) is 4.54. The van der Waals surface area contributed by atoms with E-state index in [1.54, 1.807) is 13.0 Å². The van der Waals surface area contributed by atoms with Crippen molar-refractivity contribution in [2.24, 2.45) is 0 Å². The predicted molar refractivity (Wildman–Crippen MR) is 68.1 cm³/mol. The second-order valence-corrected chi connectivity index (χ2v) is 5.60. The van der Waals surface area contributed by atoms with Crippen LogP contribution in [0.15, 0.2) is 18.2 Å². The quantitative estimate of drug-likeness (QED) is 0.849. The number of halogens is 1. The van der Waals surface area contributed by atoms with Gasteiger partial charge in [0.15, 0.2) is 5.79 Å². The van der Waals surface area contributed by atoms with Gasteiger partial charge >= 0.3 is 0 Å². The Morgan fingerprint density at radius 3 is 2.32 bits per heavy atom. The van der Waals surface area contributed by atoms with Crippen molar-refractivity contribution in [3.8, 4) is 0 Å². The number of ether oxygens (including phenoxy) is 2. The summed E-state index contributed by atoms with van der Waals surface area (Å²) in [6, 6.07) is 4.98. The molecule has 0 radical (unpaired) electrons. The smallest absolute Gasteiger partial charge is 0.168 e. The minimum Gasteiger partial charge on any atom is -0.385 e. The fourth-order valence-corrected chi connectivity index (χ4v) is 3.00. The van der Waals surface area contributed by atoms with Crippen LogP contribution in [-0.2, 0) is 15.1 Å². The maximum absolute atomic E-state index is 13.6. The van der Waals surface area contributed by atoms with E-state index in [-0.39, 0.29) is 5.82 Å². The zero-order valence-corrected chi connectivity index (χ0v) is 11.1. The van der Waals surface area contributed by atoms with Crippen molar-refractivity contribution in [1.29, 1.82) is 0 Å². The molecule has 2 aliphatic rings. The summed E-state index contributed by atoms with van der Waals surface area (Å²) < 4.78 is 24.9. The van der Waals surface area contributed by atoms with Crippen LogP contribution in [0.1, 0.15) is 36.8 Å². The standard InChI is InChI=1S/C15H19FO3/c1-11-2-3-12(10-13(11)16)14(17)4-6-15(7-5-14)18-8-9-19-15/h2-3,10,17H,4-9H2,1H3. The molecule has 1 N–H and O–H groups in total. The van der Waals surface area contributed by atoms with Gasteiger partial charge in [-0.15, -0.1) is 0 Å². The van der Waals surface area contributed by atoms with Crippen LogP contribution < -0.4 is 0 Å². The van der Waals surface area contributed by atoms with E-state index >= 15 is 0 Å². The van der Waals surface area contributed by atoms with Gasteiger partial charge in [-0.2, -0.15) is 0 Å². The number of aryl methyl sites for hydroxylation is 1. The Balaban J connectivity index is 1.79. The lowest BCUT2D eigenvalue weighted by Crippen LogP contribution is -2.42. The molecular formula is C15H19FO3. The number of aliphatic hydroxyl groups is 1. The van der Waals surface area contributed by atoms with Gasteiger partial charge < -0.3 is 14.6 Å². The van der Waals surface area contributed by atoms with E-state index in [2.05, 4.69) is 0 Å². The summed E-state index contributed by atoms with van der Waals surface area (Å²) in [6.07, 6.45) is 2.38. The van der Waals surface area contributed by atoms with Crippen molar-refractivity contribution >= 4 is 0 Å². The Kier molecular flexibility index (Phi) is 3.12. The summed E-state index contributed by atoms with van der Waals surface area (Å²) in [6.45, 7) is 2.97. The first-order valence-corrected chi connectivity index (χ1v) is 6.80. The number of rotatable bonds is 1. The molecule has 3 nitrogen and oxygen atoms in total. The van der Waals surface area contributed by atoms with E-state index < -0.39 is 11.4 Å². The molecule has 104 valence electrons. The second-order valence-electron chi connectivity index (χ2n) is 5.60. The van der Waals surface area contributed by atoms with E-state index in [1.165, 1.54) is 6.07 Å². The highest BCUT2D eigenvalue weighted by Crippen LogP contribution is 2.44. The molecule has 19 heavy (non-hydrogen) atoms. The van der Waals surface area contributed by atoms with Crippen molar-refractivity contribution in [2.45, 2.75) is 44.0 Å². The molecule has 0 bridgehead atoms. The van der Waals surface area contributed by atoms with Crippen LogP contribution in [0.4, 0.5) is 4.39 Å². The van der Waals surface area contributed by atoms with E-state index in [0.717, 1.165) is 0 Å². The Bertz CT molecular complexity index is 470. The zero-order chi connectivity index (χ0) is 13.5. The number of hydrogen-bond donors (Lipinski definition) is 1. The molecule has 3 rings (SSSR count). The van der Waals surface area contributed by atoms with Crippen LogP contribution in [0.2, 0.25) is 0 Å². The molecule has 0 unspecified atom stereocenters. The zero-order valence-electron chi connectivity index (χ0n) is 11.1. The predicted octanol–water partition coefficient (Wildman–Crippen LogP) is 2.64. The average molecular weight is 266 g/mol. The lowest BCUT2D eigenvalue weighted by molar-refractivity contribution is -0.204. The third-order valence-corrected chi connectivity index (χ3v) is 4.36. The molecule has 1 aromatic carbocycles. The molecule has 1 aliphatic carbocycles. The highest BCUT2D eigenvalue weighted by molar-refractivity contribution is 5.28. The van der Waals surface area contributed by atoms with Gasteiger partial charge in [0.1, 0.15) is 5.82 Å². The van der Waals surface area contributed by atoms with Crippen LogP contribution in [0.25, 0.3) is 0 Å². The van der Waals surface area contributed by atoms with E-state index in [0.29, 0.717) is 50.0 Å². The monoisotopic (exact) mass is 266 g/mol. The lowest BCUT2D eigenvalue weighted by Gasteiger charge is -2.40. The van der Waals surface area contributed by atoms with Crippen LogP contribution in [-0.4, -0.2) is 24.1 Å². The summed E-state index contributed by atoms with van der Waals surface area (Å²) in [5.41, 5.74) is 0.292. The van der Waals surface area contributed by atoms with E-state index in [4.69, 9.17) is 9.47 Å². The molecule has 2 fully saturated rings. The summed E-state index contributed by atoms with van der Waals surface area (Å²) in [5, 5.41) is 10.7. The lowest BCUT2D eigenvalue weighted by atomic mass is 9.77. The van der Waals surface area contributed by atoms with Crippen LogP contribution in [0.5, 0.6) is 0 Å². The molecule has 4 heteroatoms. The Hall–Kier alpha value is -0.970. The van der Waals surface area contributed by atoms with Gasteiger partial charge in [0.25, 0.3) is 0 Å². The SMILES string of the molecule is Cc1ccc(C2(O)CCC3(CC2)OCCO3)cc1F. The van der Waals surface area contributed by atoms with Crippen molar-refractivity contribution in [3.05, 3.63) is 35.1 Å². The van der Waals surface area contributed by atoms with Crippen LogP contribution in [0, 0.1) is 12.7 Å². The highest BCUT2D eigenvalue weighted by Gasteiger charge is 2.46. The third kappa shape index (κ3) is 2.29. The largest absolute Gasteiger partial charge is 0.385 e. The third-order valence-electron chi connectivity index (χ3n) is 4.36. The van der Waals surface area contributed by atoms with Gasteiger partial charge in [-0.25, -0.2) is 4.39 Å². The summed E-state index contributed by atoms with van der Waals surface area (Å²) in [5.74, 6) is -0.769. The molecule has 0 atom stereocenters. The molecule has 1 saturated carbocycles. The Morgan fingerprint density at radius 2 is 1.74 bits per heavy atom. The molecule has 1 aromatic rings. The van der Waals surface area contributed by atoms with Gasteiger partial charge in [-0.3, -0.25) is 0 Å². The number of hydrogen-bond acceptors (Lipinski definition) is 3. The van der Waals surface area contributed by atoms with Gasteiger partial charge in [0, 0.05) is 12.8 Å². The van der Waals surface area contributed by atoms with Crippen molar-refractivity contribution in [2.75, 3.05) is 13.2 Å². The molecule has 1 saturated heterocycles. The van der Waals surface area contributed by atoms with Crippen LogP contribution in [0.3, 0.4) is 0 Å². The first-order chi connectivity index (χ1) is 9.03. The fourth-order valence-electron chi connectivity index (χ4n) is 3.00. The van der Waals surface area contributed by atoms with E-state index in [9.17, 15) is 9.50 Å². The fraction of sp³-hybridized carbons (Fsp3) is 0.600. The van der Waals surface area contributed by atoms with Gasteiger partial charge in [-0.05, 0) is 37.0 Å². The van der Waals surface area contributed by atoms with Crippen molar-refractivity contribution in [3.63, 3.8) is 0 Å². The minimum absolute atomic E-state index is 0.264. The molecule has 1 heterocycles.